The van der Waals surface area contributed by atoms with Crippen LogP contribution in [-0.2, 0) is 10.0 Å². The fourth-order valence-electron chi connectivity index (χ4n) is 2.30. The van der Waals surface area contributed by atoms with Crippen LogP contribution in [0.2, 0.25) is 0 Å². The van der Waals surface area contributed by atoms with E-state index in [1.165, 1.54) is 0 Å². The zero-order chi connectivity index (χ0) is 14.4. The molecule has 1 fully saturated rings. The fraction of sp³-hybridized carbons (Fsp3) is 0.692. The van der Waals surface area contributed by atoms with Gasteiger partial charge in [0.25, 0.3) is 0 Å². The maximum Gasteiger partial charge on any atom is 0.225 e. The Labute approximate surface area is 120 Å². The second-order valence-corrected chi connectivity index (χ2v) is 6.97. The smallest absolute Gasteiger partial charge is 0.225 e. The average Bonchev–Trinajstić information content (AvgIpc) is 2.46. The Hall–Kier alpha value is -1.21. The molecule has 1 aliphatic heterocycles. The molecule has 0 unspecified atom stereocenters. The molecule has 0 radical (unpaired) electrons. The highest BCUT2D eigenvalue weighted by atomic mass is 32.2. The predicted octanol–water partition coefficient (Wildman–Crippen LogP) is 1.16. The quantitative estimate of drug-likeness (QED) is 0.853. The van der Waals surface area contributed by atoms with E-state index in [0.717, 1.165) is 38.3 Å². The third-order valence-electron chi connectivity index (χ3n) is 3.44. The summed E-state index contributed by atoms with van der Waals surface area (Å²) >= 11 is 0. The zero-order valence-corrected chi connectivity index (χ0v) is 12.6. The van der Waals surface area contributed by atoms with Crippen molar-refractivity contribution in [2.45, 2.75) is 38.6 Å². The van der Waals surface area contributed by atoms with Crippen molar-refractivity contribution in [3.63, 3.8) is 0 Å². The molecule has 1 saturated heterocycles. The van der Waals surface area contributed by atoms with Crippen molar-refractivity contribution in [1.29, 1.82) is 0 Å². The summed E-state index contributed by atoms with van der Waals surface area (Å²) in [6.07, 6.45) is 6.65. The van der Waals surface area contributed by atoms with Gasteiger partial charge in [-0.2, -0.15) is 0 Å². The summed E-state index contributed by atoms with van der Waals surface area (Å²) < 4.78 is 26.5. The van der Waals surface area contributed by atoms with Gasteiger partial charge >= 0.3 is 0 Å². The molecule has 7 heteroatoms. The molecule has 1 aromatic rings. The molecule has 112 valence electrons. The van der Waals surface area contributed by atoms with Crippen LogP contribution in [0.5, 0.6) is 0 Å². The molecule has 2 rings (SSSR count). The first-order valence-corrected chi connectivity index (χ1v) is 8.78. The summed E-state index contributed by atoms with van der Waals surface area (Å²) in [5.41, 5.74) is 0. The normalized spacial score (nSPS) is 17.4. The van der Waals surface area contributed by atoms with Gasteiger partial charge in [0.2, 0.25) is 16.0 Å². The molecule has 20 heavy (non-hydrogen) atoms. The third kappa shape index (κ3) is 4.42. The van der Waals surface area contributed by atoms with E-state index >= 15 is 0 Å². The molecule has 0 amide bonds. The van der Waals surface area contributed by atoms with Gasteiger partial charge in [-0.1, -0.05) is 13.3 Å². The van der Waals surface area contributed by atoms with Gasteiger partial charge in [0.05, 0.1) is 5.75 Å². The van der Waals surface area contributed by atoms with Gasteiger partial charge < -0.3 is 4.90 Å². The number of nitrogens with one attached hydrogen (secondary N) is 1. The highest BCUT2D eigenvalue weighted by Crippen LogP contribution is 2.16. The van der Waals surface area contributed by atoms with E-state index in [2.05, 4.69) is 19.6 Å². The predicted molar refractivity (Wildman–Crippen MR) is 79.1 cm³/mol. The number of anilines is 1. The van der Waals surface area contributed by atoms with E-state index in [0.29, 0.717) is 6.42 Å². The van der Waals surface area contributed by atoms with Crippen LogP contribution in [0.4, 0.5) is 5.95 Å². The summed E-state index contributed by atoms with van der Waals surface area (Å²) in [5.74, 6) is 0.950. The lowest BCUT2D eigenvalue weighted by atomic mass is 10.1. The van der Waals surface area contributed by atoms with Crippen LogP contribution >= 0.6 is 0 Å². The van der Waals surface area contributed by atoms with Crippen LogP contribution in [0, 0.1) is 0 Å². The van der Waals surface area contributed by atoms with E-state index in [1.807, 2.05) is 6.92 Å². The first-order chi connectivity index (χ1) is 9.61. The van der Waals surface area contributed by atoms with Gasteiger partial charge in [0.1, 0.15) is 0 Å². The lowest BCUT2D eigenvalue weighted by Crippen LogP contribution is -2.45. The van der Waals surface area contributed by atoms with Crippen LogP contribution in [0.25, 0.3) is 0 Å². The maximum atomic E-state index is 11.9. The van der Waals surface area contributed by atoms with Crippen molar-refractivity contribution in [2.24, 2.45) is 0 Å². The van der Waals surface area contributed by atoms with Gasteiger partial charge in [-0.15, -0.1) is 0 Å². The molecular formula is C13H22N4O2S. The fourth-order valence-corrected chi connectivity index (χ4v) is 3.83. The minimum atomic E-state index is -3.13. The maximum absolute atomic E-state index is 11.9. The molecule has 1 N–H and O–H groups in total. The number of nitrogens with zero attached hydrogens (tertiary/aromatic N) is 3. The lowest BCUT2D eigenvalue weighted by Gasteiger charge is -2.32. The Bertz CT molecular complexity index is 498. The van der Waals surface area contributed by atoms with E-state index in [-0.39, 0.29) is 11.8 Å². The standard InChI is InChI=1S/C13H22N4O2S/c1-2-3-11-20(18,19)16-12-5-9-17(10-6-12)13-14-7-4-8-15-13/h4,7-8,12,16H,2-3,5-6,9-11H2,1H3. The van der Waals surface area contributed by atoms with Crippen molar-refractivity contribution in [3.05, 3.63) is 18.5 Å². The van der Waals surface area contributed by atoms with E-state index in [4.69, 9.17) is 0 Å². The van der Waals surface area contributed by atoms with Crippen LogP contribution in [0.3, 0.4) is 0 Å². The topological polar surface area (TPSA) is 75.2 Å². The van der Waals surface area contributed by atoms with E-state index < -0.39 is 10.0 Å². The monoisotopic (exact) mass is 298 g/mol. The molecule has 0 aliphatic carbocycles. The molecular weight excluding hydrogens is 276 g/mol. The highest BCUT2D eigenvalue weighted by molar-refractivity contribution is 7.89. The molecule has 0 atom stereocenters. The molecule has 0 aromatic carbocycles. The number of aromatic nitrogens is 2. The van der Waals surface area contributed by atoms with Crippen LogP contribution in [-0.4, -0.2) is 43.3 Å². The lowest BCUT2D eigenvalue weighted by molar-refractivity contribution is 0.456. The summed E-state index contributed by atoms with van der Waals surface area (Å²) in [5, 5.41) is 0. The molecule has 6 nitrogen and oxygen atoms in total. The molecule has 0 saturated carbocycles. The summed E-state index contributed by atoms with van der Waals surface area (Å²) in [6.45, 7) is 3.56. The highest BCUT2D eigenvalue weighted by Gasteiger charge is 2.24. The molecule has 0 spiro atoms. The van der Waals surface area contributed by atoms with Gasteiger partial charge in [-0.05, 0) is 25.3 Å². The van der Waals surface area contributed by atoms with Gasteiger partial charge in [0.15, 0.2) is 0 Å². The number of unbranched alkanes of at least 4 members (excludes halogenated alkanes) is 1. The zero-order valence-electron chi connectivity index (χ0n) is 11.8. The van der Waals surface area contributed by atoms with Crippen molar-refractivity contribution in [3.8, 4) is 0 Å². The second-order valence-electron chi connectivity index (χ2n) is 5.10. The Kier molecular flexibility index (Phi) is 5.31. The SMILES string of the molecule is CCCCS(=O)(=O)NC1CCN(c2ncccn2)CC1. The Morgan fingerprint density at radius 1 is 1.30 bits per heavy atom. The Morgan fingerprint density at radius 3 is 2.55 bits per heavy atom. The first kappa shape index (κ1) is 15.2. The van der Waals surface area contributed by atoms with Crippen LogP contribution < -0.4 is 9.62 Å². The number of hydrogen-bond donors (Lipinski definition) is 1. The van der Waals surface area contributed by atoms with Crippen molar-refractivity contribution >= 4 is 16.0 Å². The molecule has 0 bridgehead atoms. The van der Waals surface area contributed by atoms with Crippen LogP contribution in [0.1, 0.15) is 32.6 Å². The minimum Gasteiger partial charge on any atom is -0.341 e. The van der Waals surface area contributed by atoms with Crippen LogP contribution in [0.15, 0.2) is 18.5 Å². The number of hydrogen-bond acceptors (Lipinski definition) is 5. The second kappa shape index (κ2) is 6.99. The minimum absolute atomic E-state index is 0.0387. The number of piperidine rings is 1. The summed E-state index contributed by atoms with van der Waals surface area (Å²) in [4.78, 5) is 10.5. The van der Waals surface area contributed by atoms with Crippen molar-refractivity contribution in [2.75, 3.05) is 23.7 Å². The summed E-state index contributed by atoms with van der Waals surface area (Å²) in [6, 6.07) is 1.83. The van der Waals surface area contributed by atoms with Crippen molar-refractivity contribution in [1.82, 2.24) is 14.7 Å². The average molecular weight is 298 g/mol. The Morgan fingerprint density at radius 2 is 1.95 bits per heavy atom. The molecule has 1 aliphatic rings. The number of rotatable bonds is 6. The molecule has 2 heterocycles. The third-order valence-corrected chi connectivity index (χ3v) is 4.96. The van der Waals surface area contributed by atoms with Gasteiger partial charge in [0, 0.05) is 31.5 Å². The summed E-state index contributed by atoms with van der Waals surface area (Å²) in [7, 11) is -3.13. The van der Waals surface area contributed by atoms with E-state index in [9.17, 15) is 8.42 Å². The first-order valence-electron chi connectivity index (χ1n) is 7.12. The van der Waals surface area contributed by atoms with Crippen molar-refractivity contribution < 1.29 is 8.42 Å². The molecule has 1 aromatic heterocycles. The Balaban J connectivity index is 1.83. The number of sulfonamides is 1. The van der Waals surface area contributed by atoms with Gasteiger partial charge in [-0.25, -0.2) is 23.1 Å². The van der Waals surface area contributed by atoms with E-state index in [1.54, 1.807) is 18.5 Å². The largest absolute Gasteiger partial charge is 0.341 e. The van der Waals surface area contributed by atoms with Gasteiger partial charge in [-0.3, -0.25) is 0 Å².